The predicted octanol–water partition coefficient (Wildman–Crippen LogP) is 6.35. The monoisotopic (exact) mass is 580 g/mol. The van der Waals surface area contributed by atoms with E-state index in [0.29, 0.717) is 22.0 Å². The maximum absolute atomic E-state index is 13.5. The number of nitrogens with one attached hydrogen (secondary N) is 3. The van der Waals surface area contributed by atoms with Crippen molar-refractivity contribution in [2.24, 2.45) is 0 Å². The predicted molar refractivity (Wildman–Crippen MR) is 152 cm³/mol. The lowest BCUT2D eigenvalue weighted by Gasteiger charge is -2.16. The highest BCUT2D eigenvalue weighted by Crippen LogP contribution is 2.29. The molecule has 0 saturated carbocycles. The summed E-state index contributed by atoms with van der Waals surface area (Å²) >= 11 is 12.1. The minimum atomic E-state index is -1.02. The second-order valence-electron chi connectivity index (χ2n) is 8.57. The summed E-state index contributed by atoms with van der Waals surface area (Å²) in [6.45, 7) is 0. The number of amides is 3. The number of hydrogen-bond acceptors (Lipinski definition) is 5. The summed E-state index contributed by atoms with van der Waals surface area (Å²) in [6, 6.07) is 19.4. The Morgan fingerprint density at radius 1 is 0.925 bits per heavy atom. The number of esters is 1. The zero-order valence-corrected chi connectivity index (χ0v) is 22.6. The van der Waals surface area contributed by atoms with Crippen LogP contribution in [-0.4, -0.2) is 36.0 Å². The van der Waals surface area contributed by atoms with Gasteiger partial charge >= 0.3 is 12.0 Å². The van der Waals surface area contributed by atoms with Crippen LogP contribution in [0.5, 0.6) is 0 Å². The number of benzene rings is 3. The molecule has 3 aromatic carbocycles. The van der Waals surface area contributed by atoms with E-state index in [2.05, 4.69) is 20.9 Å². The van der Waals surface area contributed by atoms with Gasteiger partial charge < -0.3 is 20.7 Å². The summed E-state index contributed by atoms with van der Waals surface area (Å²) in [5, 5.41) is 8.53. The lowest BCUT2D eigenvalue weighted by molar-refractivity contribution is -0.142. The van der Waals surface area contributed by atoms with Crippen molar-refractivity contribution in [1.82, 2.24) is 10.3 Å². The number of urea groups is 1. The number of nitrogens with zero attached hydrogens (tertiary/aromatic N) is 1. The Morgan fingerprint density at radius 2 is 1.65 bits per heavy atom. The van der Waals surface area contributed by atoms with Crippen LogP contribution in [0.25, 0.3) is 11.1 Å². The molecule has 0 aliphatic carbocycles. The van der Waals surface area contributed by atoms with Gasteiger partial charge in [0.25, 0.3) is 5.91 Å². The molecule has 3 N–H and O–H groups in total. The van der Waals surface area contributed by atoms with Gasteiger partial charge in [0.15, 0.2) is 0 Å². The first-order valence-corrected chi connectivity index (χ1v) is 12.7. The largest absolute Gasteiger partial charge is 0.467 e. The van der Waals surface area contributed by atoms with Crippen molar-refractivity contribution >= 4 is 52.5 Å². The van der Waals surface area contributed by atoms with Gasteiger partial charge in [0.05, 0.1) is 22.8 Å². The number of aromatic nitrogens is 1. The van der Waals surface area contributed by atoms with Gasteiger partial charge in [0.1, 0.15) is 17.6 Å². The Labute approximate surface area is 239 Å². The van der Waals surface area contributed by atoms with E-state index < -0.39 is 29.8 Å². The maximum Gasteiger partial charge on any atom is 0.328 e. The molecule has 11 heteroatoms. The molecule has 40 heavy (non-hydrogen) atoms. The number of anilines is 2. The Balaban J connectivity index is 1.38. The molecule has 1 atom stereocenters. The van der Waals surface area contributed by atoms with Crippen LogP contribution < -0.4 is 16.0 Å². The van der Waals surface area contributed by atoms with Crippen molar-refractivity contribution in [3.8, 4) is 11.1 Å². The van der Waals surface area contributed by atoms with Gasteiger partial charge in [0.2, 0.25) is 0 Å². The van der Waals surface area contributed by atoms with E-state index >= 15 is 0 Å². The zero-order chi connectivity index (χ0) is 28.6. The fraction of sp³-hybridized carbons (Fsp3) is 0.103. The number of carbonyl (C=O) groups excluding carboxylic acids is 3. The Bertz CT molecular complexity index is 1530. The molecule has 0 fully saturated rings. The van der Waals surface area contributed by atoms with E-state index in [1.54, 1.807) is 54.6 Å². The van der Waals surface area contributed by atoms with E-state index in [4.69, 9.17) is 27.9 Å². The van der Waals surface area contributed by atoms with E-state index in [1.807, 2.05) is 0 Å². The topological polar surface area (TPSA) is 109 Å². The normalized spacial score (nSPS) is 11.3. The van der Waals surface area contributed by atoms with Crippen molar-refractivity contribution in [3.05, 3.63) is 112 Å². The van der Waals surface area contributed by atoms with E-state index in [1.165, 1.54) is 37.6 Å². The molecular weight excluding hydrogens is 558 g/mol. The molecule has 1 unspecified atom stereocenters. The summed E-state index contributed by atoms with van der Waals surface area (Å²) in [6.07, 6.45) is 1.57. The molecule has 0 radical (unpaired) electrons. The van der Waals surface area contributed by atoms with Gasteiger partial charge in [-0.1, -0.05) is 59.6 Å². The molecular formula is C29H23Cl2FN4O4. The first kappa shape index (κ1) is 28.5. The fourth-order valence-corrected chi connectivity index (χ4v) is 4.15. The van der Waals surface area contributed by atoms with Crippen LogP contribution in [0.1, 0.15) is 16.1 Å². The van der Waals surface area contributed by atoms with Crippen molar-refractivity contribution < 1.29 is 23.5 Å². The third-order valence-corrected chi connectivity index (χ3v) is 6.61. The highest BCUT2D eigenvalue weighted by Gasteiger charge is 2.23. The van der Waals surface area contributed by atoms with Crippen LogP contribution >= 0.6 is 23.2 Å². The number of methoxy groups -OCH3 is 1. The molecule has 0 aliphatic heterocycles. The van der Waals surface area contributed by atoms with Gasteiger partial charge in [-0.2, -0.15) is 0 Å². The third-order valence-electron chi connectivity index (χ3n) is 5.79. The van der Waals surface area contributed by atoms with Gasteiger partial charge in [0, 0.05) is 23.9 Å². The fourth-order valence-electron chi connectivity index (χ4n) is 3.80. The average Bonchev–Trinajstić information content (AvgIpc) is 2.95. The smallest absolute Gasteiger partial charge is 0.328 e. The summed E-state index contributed by atoms with van der Waals surface area (Å²) in [7, 11) is 1.21. The SMILES string of the molecule is COC(=O)C(Cc1cccc(F)c1)NC(=O)c1ccc(-c2ccc(NC(=O)Nc3cccc(Cl)c3Cl)cc2)cn1. The van der Waals surface area contributed by atoms with Crippen LogP contribution in [0.4, 0.5) is 20.6 Å². The van der Waals surface area contributed by atoms with Crippen LogP contribution in [0.15, 0.2) is 85.1 Å². The number of pyridine rings is 1. The lowest BCUT2D eigenvalue weighted by atomic mass is 10.1. The van der Waals surface area contributed by atoms with Gasteiger partial charge in [-0.05, 0) is 53.6 Å². The Morgan fingerprint density at radius 3 is 2.33 bits per heavy atom. The molecule has 0 bridgehead atoms. The average molecular weight is 581 g/mol. The first-order chi connectivity index (χ1) is 19.2. The first-order valence-electron chi connectivity index (χ1n) is 11.9. The number of ether oxygens (including phenoxy) is 1. The molecule has 1 heterocycles. The molecule has 204 valence electrons. The third kappa shape index (κ3) is 7.34. The molecule has 3 amide bonds. The minimum Gasteiger partial charge on any atom is -0.467 e. The second-order valence-corrected chi connectivity index (χ2v) is 9.36. The van der Waals surface area contributed by atoms with E-state index in [0.717, 1.165) is 11.1 Å². The molecule has 1 aromatic heterocycles. The summed E-state index contributed by atoms with van der Waals surface area (Å²) in [5.41, 5.74) is 3.06. The Hall–Kier alpha value is -4.47. The highest BCUT2D eigenvalue weighted by atomic mass is 35.5. The molecule has 4 aromatic rings. The molecule has 0 aliphatic rings. The van der Waals surface area contributed by atoms with Gasteiger partial charge in [-0.25, -0.2) is 14.0 Å². The highest BCUT2D eigenvalue weighted by molar-refractivity contribution is 6.44. The quantitative estimate of drug-likeness (QED) is 0.210. The Kier molecular flexibility index (Phi) is 9.31. The zero-order valence-electron chi connectivity index (χ0n) is 21.1. The molecule has 0 saturated heterocycles. The second kappa shape index (κ2) is 13.1. The summed E-state index contributed by atoms with van der Waals surface area (Å²) in [5.74, 6) is -1.68. The van der Waals surface area contributed by atoms with E-state index in [9.17, 15) is 18.8 Å². The van der Waals surface area contributed by atoms with Crippen molar-refractivity contribution in [2.45, 2.75) is 12.5 Å². The number of rotatable bonds is 8. The van der Waals surface area contributed by atoms with Crippen LogP contribution in [0, 0.1) is 5.82 Å². The molecule has 0 spiro atoms. The standard InChI is InChI=1S/C29H23Cl2FN4O4/c1-40-28(38)25(15-17-4-2-5-20(32)14-17)35-27(37)24-13-10-19(16-33-24)18-8-11-21(12-9-18)34-29(39)36-23-7-3-6-22(30)26(23)31/h2-14,16,25H,15H2,1H3,(H,35,37)(H2,34,36,39). The molecule has 8 nitrogen and oxygen atoms in total. The van der Waals surface area contributed by atoms with E-state index in [-0.39, 0.29) is 17.1 Å². The van der Waals surface area contributed by atoms with Crippen molar-refractivity contribution in [3.63, 3.8) is 0 Å². The number of halogens is 3. The summed E-state index contributed by atoms with van der Waals surface area (Å²) < 4.78 is 18.3. The van der Waals surface area contributed by atoms with Gasteiger partial charge in [-0.3, -0.25) is 9.78 Å². The van der Waals surface area contributed by atoms with Gasteiger partial charge in [-0.15, -0.1) is 0 Å². The maximum atomic E-state index is 13.5. The lowest BCUT2D eigenvalue weighted by Crippen LogP contribution is -2.43. The van der Waals surface area contributed by atoms with Crippen molar-refractivity contribution in [2.75, 3.05) is 17.7 Å². The molecule has 4 rings (SSSR count). The van der Waals surface area contributed by atoms with Crippen molar-refractivity contribution in [1.29, 1.82) is 0 Å². The number of hydrogen-bond donors (Lipinski definition) is 3. The number of carbonyl (C=O) groups is 3. The minimum absolute atomic E-state index is 0.0544. The van der Waals surface area contributed by atoms with Crippen LogP contribution in [0.3, 0.4) is 0 Å². The van der Waals surface area contributed by atoms with Crippen LogP contribution in [-0.2, 0) is 16.0 Å². The van der Waals surface area contributed by atoms with Crippen LogP contribution in [0.2, 0.25) is 10.0 Å². The summed E-state index contributed by atoms with van der Waals surface area (Å²) in [4.78, 5) is 41.6.